The molecule has 1 amide bonds. The van der Waals surface area contributed by atoms with Crippen LogP contribution in [0.2, 0.25) is 0 Å². The van der Waals surface area contributed by atoms with Gasteiger partial charge in [-0.15, -0.1) is 0 Å². The molecule has 0 radical (unpaired) electrons. The molecule has 0 atom stereocenters. The molecule has 0 fully saturated rings. The zero-order valence-corrected chi connectivity index (χ0v) is 12.2. The van der Waals surface area contributed by atoms with Gasteiger partial charge in [-0.05, 0) is 36.6 Å². The summed E-state index contributed by atoms with van der Waals surface area (Å²) in [6.45, 7) is 4.05. The summed E-state index contributed by atoms with van der Waals surface area (Å²) in [5.74, 6) is -0.0930. The minimum atomic E-state index is -0.0930. The Labute approximate surface area is 124 Å². The smallest absolute Gasteiger partial charge is 0.272 e. The van der Waals surface area contributed by atoms with Gasteiger partial charge in [0.25, 0.3) is 5.91 Å². The molecule has 3 nitrogen and oxygen atoms in total. The maximum atomic E-state index is 12.5. The highest BCUT2D eigenvalue weighted by molar-refractivity contribution is 6.08. The number of carbonyl (C=O) groups excluding carboxylic acids is 1. The highest BCUT2D eigenvalue weighted by atomic mass is 16.1. The van der Waals surface area contributed by atoms with Gasteiger partial charge in [-0.1, -0.05) is 43.3 Å². The molecule has 2 aromatic carbocycles. The largest absolute Gasteiger partial charge is 0.350 e. The van der Waals surface area contributed by atoms with Crippen molar-refractivity contribution in [2.24, 2.45) is 0 Å². The fourth-order valence-electron chi connectivity index (χ4n) is 2.64. The molecule has 2 N–H and O–H groups in total. The van der Waals surface area contributed by atoms with Crippen molar-refractivity contribution in [1.29, 1.82) is 0 Å². The average Bonchev–Trinajstić information content (AvgIpc) is 2.85. The van der Waals surface area contributed by atoms with Crippen LogP contribution in [0.3, 0.4) is 0 Å². The lowest BCUT2D eigenvalue weighted by Crippen LogP contribution is -2.14. The number of carbonyl (C=O) groups is 1. The van der Waals surface area contributed by atoms with E-state index in [2.05, 4.69) is 17.2 Å². The maximum Gasteiger partial charge on any atom is 0.272 e. The van der Waals surface area contributed by atoms with Crippen LogP contribution in [0.1, 0.15) is 28.5 Å². The van der Waals surface area contributed by atoms with Gasteiger partial charge in [-0.3, -0.25) is 4.79 Å². The van der Waals surface area contributed by atoms with E-state index in [0.29, 0.717) is 5.69 Å². The van der Waals surface area contributed by atoms with E-state index < -0.39 is 0 Å². The third-order valence-electron chi connectivity index (χ3n) is 3.84. The number of para-hydroxylation sites is 2. The summed E-state index contributed by atoms with van der Waals surface area (Å²) in [7, 11) is 0. The van der Waals surface area contributed by atoms with Gasteiger partial charge in [-0.2, -0.15) is 0 Å². The lowest BCUT2D eigenvalue weighted by Gasteiger charge is -2.09. The molecule has 0 aliphatic rings. The molecular weight excluding hydrogens is 260 g/mol. The Hall–Kier alpha value is -2.55. The van der Waals surface area contributed by atoms with E-state index in [1.54, 1.807) is 0 Å². The van der Waals surface area contributed by atoms with Gasteiger partial charge in [0.15, 0.2) is 0 Å². The standard InChI is InChI=1S/C18H18N2O/c1-3-13-8-4-6-10-15(13)20-18(21)17-12(2)14-9-5-7-11-16(14)19-17/h4-11,19H,3H2,1-2H3,(H,20,21). The molecule has 1 heterocycles. The first kappa shape index (κ1) is 13.4. The first-order chi connectivity index (χ1) is 10.2. The van der Waals surface area contributed by atoms with E-state index in [9.17, 15) is 4.79 Å². The summed E-state index contributed by atoms with van der Waals surface area (Å²) in [5, 5.41) is 4.10. The van der Waals surface area contributed by atoms with E-state index in [1.165, 1.54) is 0 Å². The van der Waals surface area contributed by atoms with Crippen molar-refractivity contribution in [3.8, 4) is 0 Å². The quantitative estimate of drug-likeness (QED) is 0.737. The van der Waals surface area contributed by atoms with Crippen LogP contribution in [-0.4, -0.2) is 10.9 Å². The SMILES string of the molecule is CCc1ccccc1NC(=O)c1[nH]c2ccccc2c1C. The second-order valence-corrected chi connectivity index (χ2v) is 5.14. The van der Waals surface area contributed by atoms with Crippen LogP contribution in [0.4, 0.5) is 5.69 Å². The van der Waals surface area contributed by atoms with Crippen LogP contribution in [0.25, 0.3) is 10.9 Å². The maximum absolute atomic E-state index is 12.5. The van der Waals surface area contributed by atoms with Gasteiger partial charge < -0.3 is 10.3 Å². The summed E-state index contributed by atoms with van der Waals surface area (Å²) in [5.41, 5.74) is 4.62. The molecule has 106 valence electrons. The van der Waals surface area contributed by atoms with Crippen molar-refractivity contribution in [2.45, 2.75) is 20.3 Å². The van der Waals surface area contributed by atoms with E-state index in [1.807, 2.05) is 55.5 Å². The van der Waals surface area contributed by atoms with Crippen molar-refractivity contribution in [1.82, 2.24) is 4.98 Å². The van der Waals surface area contributed by atoms with Gasteiger partial charge in [0.2, 0.25) is 0 Å². The molecule has 0 aliphatic heterocycles. The third-order valence-corrected chi connectivity index (χ3v) is 3.84. The van der Waals surface area contributed by atoms with Crippen molar-refractivity contribution in [2.75, 3.05) is 5.32 Å². The summed E-state index contributed by atoms with van der Waals surface area (Å²) >= 11 is 0. The number of H-pyrrole nitrogens is 1. The number of rotatable bonds is 3. The van der Waals surface area contributed by atoms with Crippen LogP contribution in [0, 0.1) is 6.92 Å². The highest BCUT2D eigenvalue weighted by Crippen LogP contribution is 2.23. The van der Waals surface area contributed by atoms with E-state index in [-0.39, 0.29) is 5.91 Å². The Morgan fingerprint density at radius 2 is 1.81 bits per heavy atom. The molecule has 0 aliphatic carbocycles. The van der Waals surface area contributed by atoms with Crippen LogP contribution in [-0.2, 0) is 6.42 Å². The number of aryl methyl sites for hydroxylation is 2. The third kappa shape index (κ3) is 2.42. The molecular formula is C18H18N2O. The Kier molecular flexibility index (Phi) is 3.48. The molecule has 3 aromatic rings. The number of fused-ring (bicyclic) bond motifs is 1. The topological polar surface area (TPSA) is 44.9 Å². The Morgan fingerprint density at radius 1 is 1.10 bits per heavy atom. The molecule has 1 aromatic heterocycles. The lowest BCUT2D eigenvalue weighted by molar-refractivity contribution is 0.102. The normalized spacial score (nSPS) is 10.8. The van der Waals surface area contributed by atoms with Crippen molar-refractivity contribution >= 4 is 22.5 Å². The molecule has 0 unspecified atom stereocenters. The van der Waals surface area contributed by atoms with E-state index in [0.717, 1.165) is 34.1 Å². The van der Waals surface area contributed by atoms with Gasteiger partial charge in [-0.25, -0.2) is 0 Å². The molecule has 0 saturated heterocycles. The first-order valence-corrected chi connectivity index (χ1v) is 7.17. The Morgan fingerprint density at radius 3 is 2.57 bits per heavy atom. The van der Waals surface area contributed by atoms with Gasteiger partial charge in [0.05, 0.1) is 0 Å². The highest BCUT2D eigenvalue weighted by Gasteiger charge is 2.15. The number of nitrogens with one attached hydrogen (secondary N) is 2. The van der Waals surface area contributed by atoms with Crippen molar-refractivity contribution in [3.63, 3.8) is 0 Å². The average molecular weight is 278 g/mol. The lowest BCUT2D eigenvalue weighted by atomic mass is 10.1. The number of benzene rings is 2. The van der Waals surface area contributed by atoms with E-state index >= 15 is 0 Å². The Bertz CT molecular complexity index is 802. The minimum absolute atomic E-state index is 0.0930. The molecule has 3 rings (SSSR count). The molecule has 21 heavy (non-hydrogen) atoms. The van der Waals surface area contributed by atoms with Crippen LogP contribution >= 0.6 is 0 Å². The van der Waals surface area contributed by atoms with Gasteiger partial charge >= 0.3 is 0 Å². The number of aromatic nitrogens is 1. The second-order valence-electron chi connectivity index (χ2n) is 5.14. The summed E-state index contributed by atoms with van der Waals surface area (Å²) < 4.78 is 0. The monoisotopic (exact) mass is 278 g/mol. The first-order valence-electron chi connectivity index (χ1n) is 7.17. The molecule has 0 spiro atoms. The fourth-order valence-corrected chi connectivity index (χ4v) is 2.64. The van der Waals surface area contributed by atoms with Gasteiger partial charge in [0, 0.05) is 16.6 Å². The number of hydrogen-bond donors (Lipinski definition) is 2. The van der Waals surface area contributed by atoms with Crippen molar-refractivity contribution in [3.05, 3.63) is 65.4 Å². The number of anilines is 1. The van der Waals surface area contributed by atoms with E-state index in [4.69, 9.17) is 0 Å². The molecule has 3 heteroatoms. The zero-order chi connectivity index (χ0) is 14.8. The number of hydrogen-bond acceptors (Lipinski definition) is 1. The minimum Gasteiger partial charge on any atom is -0.350 e. The fraction of sp³-hybridized carbons (Fsp3) is 0.167. The summed E-state index contributed by atoms with van der Waals surface area (Å²) in [4.78, 5) is 15.7. The second kappa shape index (κ2) is 5.44. The number of aromatic amines is 1. The molecule has 0 bridgehead atoms. The van der Waals surface area contributed by atoms with Crippen LogP contribution in [0.5, 0.6) is 0 Å². The summed E-state index contributed by atoms with van der Waals surface area (Å²) in [6, 6.07) is 15.9. The zero-order valence-electron chi connectivity index (χ0n) is 12.2. The van der Waals surface area contributed by atoms with Crippen LogP contribution in [0.15, 0.2) is 48.5 Å². The predicted octanol–water partition coefficient (Wildman–Crippen LogP) is 4.29. The Balaban J connectivity index is 1.96. The summed E-state index contributed by atoms with van der Waals surface area (Å²) in [6.07, 6.45) is 0.891. The van der Waals surface area contributed by atoms with Crippen molar-refractivity contribution < 1.29 is 4.79 Å². The predicted molar refractivity (Wildman–Crippen MR) is 86.8 cm³/mol. The van der Waals surface area contributed by atoms with Gasteiger partial charge in [0.1, 0.15) is 5.69 Å². The molecule has 0 saturated carbocycles. The van der Waals surface area contributed by atoms with Crippen LogP contribution < -0.4 is 5.32 Å². The number of amides is 1.